The van der Waals surface area contributed by atoms with E-state index < -0.39 is 30.6 Å². The van der Waals surface area contributed by atoms with Gasteiger partial charge in [-0.2, -0.15) is 0 Å². The summed E-state index contributed by atoms with van der Waals surface area (Å²) in [5, 5.41) is 29.8. The van der Waals surface area contributed by atoms with Crippen LogP contribution in [0.1, 0.15) is 6.23 Å². The van der Waals surface area contributed by atoms with Crippen LogP contribution < -0.4 is 5.73 Å². The fourth-order valence-corrected chi connectivity index (χ4v) is 2.39. The first-order valence-corrected chi connectivity index (χ1v) is 6.10. The molecule has 1 aliphatic heterocycles. The van der Waals surface area contributed by atoms with Crippen molar-refractivity contribution in [3.05, 3.63) is 12.7 Å². The number of hydrogen-bond donors (Lipinski definition) is 4. The van der Waals surface area contributed by atoms with Crippen LogP contribution in [0.5, 0.6) is 0 Å². The average Bonchev–Trinajstić information content (AvgIpc) is 3.01. The lowest BCUT2D eigenvalue weighted by Crippen LogP contribution is -2.47. The molecular weight excluding hydrogens is 278 g/mol. The van der Waals surface area contributed by atoms with Crippen molar-refractivity contribution in [2.45, 2.75) is 24.0 Å². The molecule has 5 N–H and O–H groups in total. The zero-order valence-corrected chi connectivity index (χ0v) is 10.8. The van der Waals surface area contributed by atoms with Gasteiger partial charge in [0.2, 0.25) is 0 Å². The topological polar surface area (TPSA) is 140 Å². The molecule has 2 aromatic rings. The first-order valence-electron chi connectivity index (χ1n) is 6.10. The SMILES string of the molecule is C#CC1(O)[C@H](O)[C@H](n2cnc3c(N)ncnc32)O[C@@H]1CO. The number of anilines is 1. The standard InChI is InChI=1S/C12H13N5O4/c1-2-12(20)6(3-18)21-11(8(12)19)17-5-16-7-9(13)14-4-15-10(7)17/h1,4-6,8,11,18-20H,3H2,(H2,13,14,15)/t6-,8-,11-,12?/m1/s1. The zero-order chi connectivity index (χ0) is 15.2. The minimum Gasteiger partial charge on any atom is -0.394 e. The highest BCUT2D eigenvalue weighted by molar-refractivity contribution is 5.81. The summed E-state index contributed by atoms with van der Waals surface area (Å²) in [5.41, 5.74) is 4.34. The highest BCUT2D eigenvalue weighted by Crippen LogP contribution is 2.38. The van der Waals surface area contributed by atoms with Gasteiger partial charge in [0.15, 0.2) is 23.3 Å². The van der Waals surface area contributed by atoms with Crippen molar-refractivity contribution in [1.82, 2.24) is 19.5 Å². The second kappa shape index (κ2) is 4.64. The molecule has 2 aromatic heterocycles. The third kappa shape index (κ3) is 1.78. The Morgan fingerprint density at radius 2 is 2.24 bits per heavy atom. The summed E-state index contributed by atoms with van der Waals surface area (Å²) in [5.74, 6) is 2.25. The lowest BCUT2D eigenvalue weighted by Gasteiger charge is -2.23. The van der Waals surface area contributed by atoms with E-state index in [0.29, 0.717) is 11.2 Å². The summed E-state index contributed by atoms with van der Waals surface area (Å²) in [6.07, 6.45) is 4.20. The third-order valence-electron chi connectivity index (χ3n) is 3.57. The Labute approximate surface area is 119 Å². The summed E-state index contributed by atoms with van der Waals surface area (Å²) in [4.78, 5) is 11.9. The number of imidazole rings is 1. The molecule has 4 atom stereocenters. The number of rotatable bonds is 2. The lowest BCUT2D eigenvalue weighted by molar-refractivity contribution is -0.0605. The van der Waals surface area contributed by atoms with Crippen molar-refractivity contribution in [3.63, 3.8) is 0 Å². The molecule has 110 valence electrons. The van der Waals surface area contributed by atoms with E-state index in [4.69, 9.17) is 16.9 Å². The lowest BCUT2D eigenvalue weighted by atomic mass is 9.93. The molecule has 0 radical (unpaired) electrons. The van der Waals surface area contributed by atoms with Gasteiger partial charge in [0, 0.05) is 0 Å². The molecule has 21 heavy (non-hydrogen) atoms. The van der Waals surface area contributed by atoms with Gasteiger partial charge in [-0.15, -0.1) is 6.42 Å². The Morgan fingerprint density at radius 1 is 1.48 bits per heavy atom. The van der Waals surface area contributed by atoms with E-state index in [1.54, 1.807) is 0 Å². The maximum absolute atomic E-state index is 10.3. The van der Waals surface area contributed by atoms with Crippen molar-refractivity contribution in [2.75, 3.05) is 12.3 Å². The second-order valence-corrected chi connectivity index (χ2v) is 4.70. The van der Waals surface area contributed by atoms with Gasteiger partial charge >= 0.3 is 0 Å². The van der Waals surface area contributed by atoms with E-state index in [0.717, 1.165) is 0 Å². The number of nitrogens with zero attached hydrogens (tertiary/aromatic N) is 4. The van der Waals surface area contributed by atoms with Crippen LogP contribution in [0, 0.1) is 12.3 Å². The highest BCUT2D eigenvalue weighted by Gasteiger charge is 2.55. The Balaban J connectivity index is 2.08. The number of fused-ring (bicyclic) bond motifs is 1. The van der Waals surface area contributed by atoms with Crippen molar-refractivity contribution < 1.29 is 20.1 Å². The summed E-state index contributed by atoms with van der Waals surface area (Å²) in [6, 6.07) is 0. The van der Waals surface area contributed by atoms with E-state index in [1.165, 1.54) is 17.2 Å². The molecule has 0 saturated carbocycles. The first kappa shape index (κ1) is 13.7. The van der Waals surface area contributed by atoms with Crippen LogP contribution in [0.3, 0.4) is 0 Å². The molecular formula is C12H13N5O4. The first-order chi connectivity index (χ1) is 10.0. The number of aliphatic hydroxyl groups excluding tert-OH is 2. The maximum atomic E-state index is 10.3. The number of hydrogen-bond acceptors (Lipinski definition) is 8. The molecule has 3 rings (SSSR count). The van der Waals surface area contributed by atoms with Crippen LogP contribution in [0.25, 0.3) is 11.2 Å². The fourth-order valence-electron chi connectivity index (χ4n) is 2.39. The molecule has 0 aliphatic carbocycles. The van der Waals surface area contributed by atoms with Crippen LogP contribution in [-0.4, -0.2) is 59.3 Å². The number of aromatic nitrogens is 4. The molecule has 1 aliphatic rings. The maximum Gasteiger partial charge on any atom is 0.183 e. The van der Waals surface area contributed by atoms with Gasteiger partial charge < -0.3 is 25.8 Å². The Bertz CT molecular complexity index is 726. The Hall–Kier alpha value is -2.25. The van der Waals surface area contributed by atoms with E-state index in [1.807, 2.05) is 0 Å². The minimum absolute atomic E-state index is 0.178. The van der Waals surface area contributed by atoms with Gasteiger partial charge in [-0.3, -0.25) is 4.57 Å². The van der Waals surface area contributed by atoms with E-state index in [2.05, 4.69) is 20.9 Å². The van der Waals surface area contributed by atoms with Crippen LogP contribution in [0.4, 0.5) is 5.82 Å². The minimum atomic E-state index is -2.01. The number of nitrogens with two attached hydrogens (primary N) is 1. The number of ether oxygens (including phenoxy) is 1. The van der Waals surface area contributed by atoms with Gasteiger partial charge in [-0.1, -0.05) is 5.92 Å². The van der Waals surface area contributed by atoms with E-state index >= 15 is 0 Å². The molecule has 9 nitrogen and oxygen atoms in total. The molecule has 0 aromatic carbocycles. The molecule has 1 fully saturated rings. The van der Waals surface area contributed by atoms with Crippen molar-refractivity contribution in [2.24, 2.45) is 0 Å². The number of nitrogen functional groups attached to an aromatic ring is 1. The van der Waals surface area contributed by atoms with Crippen molar-refractivity contribution in [3.8, 4) is 12.3 Å². The van der Waals surface area contributed by atoms with E-state index in [9.17, 15) is 15.3 Å². The van der Waals surface area contributed by atoms with Crippen LogP contribution in [0.15, 0.2) is 12.7 Å². The van der Waals surface area contributed by atoms with Gasteiger partial charge in [-0.05, 0) is 0 Å². The zero-order valence-electron chi connectivity index (χ0n) is 10.8. The van der Waals surface area contributed by atoms with Gasteiger partial charge in [0.1, 0.15) is 24.1 Å². The summed E-state index contributed by atoms with van der Waals surface area (Å²) in [7, 11) is 0. The second-order valence-electron chi connectivity index (χ2n) is 4.70. The van der Waals surface area contributed by atoms with Crippen LogP contribution in [-0.2, 0) is 4.74 Å². The molecule has 0 amide bonds. The normalized spacial score (nSPS) is 32.4. The molecule has 3 heterocycles. The van der Waals surface area contributed by atoms with Crippen LogP contribution in [0.2, 0.25) is 0 Å². The van der Waals surface area contributed by atoms with Gasteiger partial charge in [0.25, 0.3) is 0 Å². The highest BCUT2D eigenvalue weighted by atomic mass is 16.6. The van der Waals surface area contributed by atoms with Gasteiger partial charge in [0.05, 0.1) is 12.9 Å². The predicted molar refractivity (Wildman–Crippen MR) is 70.5 cm³/mol. The Kier molecular flexibility index (Phi) is 3.03. The monoisotopic (exact) mass is 291 g/mol. The van der Waals surface area contributed by atoms with E-state index in [-0.39, 0.29) is 5.82 Å². The summed E-state index contributed by atoms with van der Waals surface area (Å²) < 4.78 is 6.84. The molecule has 1 saturated heterocycles. The Morgan fingerprint density at radius 3 is 2.86 bits per heavy atom. The number of terminal acetylenes is 1. The quantitative estimate of drug-likeness (QED) is 0.467. The summed E-state index contributed by atoms with van der Waals surface area (Å²) in [6.45, 7) is -0.544. The third-order valence-corrected chi connectivity index (χ3v) is 3.57. The fraction of sp³-hybridized carbons (Fsp3) is 0.417. The number of aliphatic hydroxyl groups is 3. The van der Waals surface area contributed by atoms with Crippen molar-refractivity contribution in [1.29, 1.82) is 0 Å². The van der Waals surface area contributed by atoms with Crippen molar-refractivity contribution >= 4 is 17.0 Å². The molecule has 0 spiro atoms. The van der Waals surface area contributed by atoms with Crippen LogP contribution >= 0.6 is 0 Å². The average molecular weight is 291 g/mol. The molecule has 1 unspecified atom stereocenters. The summed E-state index contributed by atoms with van der Waals surface area (Å²) >= 11 is 0. The largest absolute Gasteiger partial charge is 0.394 e. The smallest absolute Gasteiger partial charge is 0.183 e. The van der Waals surface area contributed by atoms with Gasteiger partial charge in [-0.25, -0.2) is 15.0 Å². The molecule has 9 heteroatoms. The molecule has 0 bridgehead atoms. The predicted octanol–water partition coefficient (Wildman–Crippen LogP) is -1.98.